The number of nitrogens with zero attached hydrogens (tertiary/aromatic N) is 2. The van der Waals surface area contributed by atoms with Gasteiger partial charge in [0.05, 0.1) is 23.3 Å². The number of hydrogen-bond acceptors (Lipinski definition) is 2. The van der Waals surface area contributed by atoms with Crippen molar-refractivity contribution in [1.82, 2.24) is 9.55 Å². The van der Waals surface area contributed by atoms with E-state index in [1.54, 1.807) is 7.11 Å². The molecule has 3 aromatic rings. The maximum absolute atomic E-state index is 6.19. The Morgan fingerprint density at radius 2 is 1.95 bits per heavy atom. The Bertz CT molecular complexity index is 749. The Morgan fingerprint density at radius 1 is 1.16 bits per heavy atom. The zero-order valence-corrected chi connectivity index (χ0v) is 11.5. The number of halogens is 1. The molecule has 0 amide bonds. The number of benzene rings is 2. The number of hydrogen-bond donors (Lipinski definition) is 0. The molecule has 0 fully saturated rings. The summed E-state index contributed by atoms with van der Waals surface area (Å²) in [6.07, 6.45) is 0. The second kappa shape index (κ2) is 4.59. The summed E-state index contributed by atoms with van der Waals surface area (Å²) in [6.45, 7) is 1.97. The smallest absolute Gasteiger partial charge is 0.120 e. The molecule has 19 heavy (non-hydrogen) atoms. The van der Waals surface area contributed by atoms with E-state index in [2.05, 4.69) is 9.55 Å². The van der Waals surface area contributed by atoms with Crippen molar-refractivity contribution in [2.45, 2.75) is 6.92 Å². The van der Waals surface area contributed by atoms with Crippen molar-refractivity contribution >= 4 is 22.6 Å². The number of imidazole rings is 1. The fourth-order valence-corrected chi connectivity index (χ4v) is 2.47. The Hall–Kier alpha value is -2.00. The first-order valence-corrected chi connectivity index (χ1v) is 6.36. The summed E-state index contributed by atoms with van der Waals surface area (Å²) >= 11 is 6.19. The predicted octanol–water partition coefficient (Wildman–Crippen LogP) is 4.00. The molecule has 0 atom stereocenters. The van der Waals surface area contributed by atoms with Gasteiger partial charge in [-0.1, -0.05) is 23.7 Å². The Labute approximate surface area is 116 Å². The van der Waals surface area contributed by atoms with Gasteiger partial charge in [-0.05, 0) is 31.2 Å². The van der Waals surface area contributed by atoms with Crippen molar-refractivity contribution in [2.24, 2.45) is 0 Å². The van der Waals surface area contributed by atoms with Crippen molar-refractivity contribution in [3.8, 4) is 11.4 Å². The molecule has 0 aliphatic rings. The first-order valence-electron chi connectivity index (χ1n) is 5.98. The van der Waals surface area contributed by atoms with Crippen molar-refractivity contribution in [3.63, 3.8) is 0 Å². The summed E-state index contributed by atoms with van der Waals surface area (Å²) in [5, 5.41) is 0.669. The van der Waals surface area contributed by atoms with Crippen LogP contribution >= 0.6 is 11.6 Å². The molecule has 3 nitrogen and oxygen atoms in total. The number of methoxy groups -OCH3 is 1. The fourth-order valence-electron chi connectivity index (χ4n) is 2.26. The highest BCUT2D eigenvalue weighted by atomic mass is 35.5. The van der Waals surface area contributed by atoms with E-state index >= 15 is 0 Å². The van der Waals surface area contributed by atoms with E-state index in [-0.39, 0.29) is 0 Å². The van der Waals surface area contributed by atoms with Gasteiger partial charge in [-0.15, -0.1) is 0 Å². The quantitative estimate of drug-likeness (QED) is 0.705. The van der Waals surface area contributed by atoms with Crippen LogP contribution in [0, 0.1) is 6.92 Å². The zero-order valence-electron chi connectivity index (χ0n) is 10.7. The van der Waals surface area contributed by atoms with Gasteiger partial charge in [0.25, 0.3) is 0 Å². The second-order valence-electron chi connectivity index (χ2n) is 4.30. The van der Waals surface area contributed by atoms with Crippen LogP contribution in [-0.2, 0) is 0 Å². The summed E-state index contributed by atoms with van der Waals surface area (Å²) < 4.78 is 7.34. The Kier molecular flexibility index (Phi) is 2.91. The van der Waals surface area contributed by atoms with Crippen LogP contribution in [0.15, 0.2) is 42.5 Å². The average molecular weight is 273 g/mol. The van der Waals surface area contributed by atoms with Crippen LogP contribution < -0.4 is 4.74 Å². The fraction of sp³-hybridized carbons (Fsp3) is 0.133. The summed E-state index contributed by atoms with van der Waals surface area (Å²) in [6, 6.07) is 13.7. The molecular weight excluding hydrogens is 260 g/mol. The molecule has 0 radical (unpaired) electrons. The summed E-state index contributed by atoms with van der Waals surface area (Å²) in [7, 11) is 1.66. The van der Waals surface area contributed by atoms with Crippen molar-refractivity contribution in [3.05, 3.63) is 53.3 Å². The number of fused-ring (bicyclic) bond motifs is 1. The molecule has 0 unspecified atom stereocenters. The van der Waals surface area contributed by atoms with Gasteiger partial charge in [0.2, 0.25) is 0 Å². The van der Waals surface area contributed by atoms with E-state index in [0.717, 1.165) is 28.3 Å². The predicted molar refractivity (Wildman–Crippen MR) is 77.4 cm³/mol. The normalized spacial score (nSPS) is 10.9. The number of aryl methyl sites for hydroxylation is 1. The standard InChI is InChI=1S/C15H13ClN2O/c1-10-17-15-13(16)7-4-8-14(15)18(10)11-5-3-6-12(9-11)19-2/h3-9H,1-2H3. The van der Waals surface area contributed by atoms with Crippen LogP contribution in [0.4, 0.5) is 0 Å². The lowest BCUT2D eigenvalue weighted by molar-refractivity contribution is 0.414. The molecule has 0 N–H and O–H groups in total. The van der Waals surface area contributed by atoms with E-state index in [4.69, 9.17) is 16.3 Å². The molecule has 1 aromatic heterocycles. The molecule has 0 spiro atoms. The molecule has 2 aromatic carbocycles. The van der Waals surface area contributed by atoms with E-state index in [9.17, 15) is 0 Å². The van der Waals surface area contributed by atoms with Gasteiger partial charge in [0, 0.05) is 6.07 Å². The van der Waals surface area contributed by atoms with Gasteiger partial charge in [0.15, 0.2) is 0 Å². The van der Waals surface area contributed by atoms with Gasteiger partial charge in [-0.3, -0.25) is 4.57 Å². The number of para-hydroxylation sites is 1. The molecule has 0 saturated heterocycles. The third-order valence-electron chi connectivity index (χ3n) is 3.12. The van der Waals surface area contributed by atoms with Gasteiger partial charge >= 0.3 is 0 Å². The van der Waals surface area contributed by atoms with E-state index in [0.29, 0.717) is 5.02 Å². The third kappa shape index (κ3) is 1.96. The lowest BCUT2D eigenvalue weighted by Gasteiger charge is -2.08. The number of aromatic nitrogens is 2. The maximum Gasteiger partial charge on any atom is 0.120 e. The summed E-state index contributed by atoms with van der Waals surface area (Å²) in [5.41, 5.74) is 2.84. The van der Waals surface area contributed by atoms with Gasteiger partial charge in [0.1, 0.15) is 17.1 Å². The average Bonchev–Trinajstić information content (AvgIpc) is 2.77. The van der Waals surface area contributed by atoms with Crippen molar-refractivity contribution in [2.75, 3.05) is 7.11 Å². The number of rotatable bonds is 2. The largest absolute Gasteiger partial charge is 0.497 e. The van der Waals surface area contributed by atoms with Crippen LogP contribution in [0.3, 0.4) is 0 Å². The highest BCUT2D eigenvalue weighted by molar-refractivity contribution is 6.34. The van der Waals surface area contributed by atoms with E-state index < -0.39 is 0 Å². The Balaban J connectivity index is 2.30. The molecule has 0 aliphatic carbocycles. The third-order valence-corrected chi connectivity index (χ3v) is 3.42. The first-order chi connectivity index (χ1) is 9.20. The molecule has 4 heteroatoms. The van der Waals surface area contributed by atoms with E-state index in [1.165, 1.54) is 0 Å². The highest BCUT2D eigenvalue weighted by Gasteiger charge is 2.11. The lowest BCUT2D eigenvalue weighted by atomic mass is 10.2. The monoisotopic (exact) mass is 272 g/mol. The number of ether oxygens (including phenoxy) is 1. The summed E-state index contributed by atoms with van der Waals surface area (Å²) in [4.78, 5) is 4.53. The SMILES string of the molecule is COc1cccc(-n2c(C)nc3c(Cl)cccc32)c1. The topological polar surface area (TPSA) is 27.1 Å². The molecule has 96 valence electrons. The van der Waals surface area contributed by atoms with Crippen LogP contribution in [0.2, 0.25) is 5.02 Å². The molecule has 1 heterocycles. The van der Waals surface area contributed by atoms with Crippen LogP contribution in [0.25, 0.3) is 16.7 Å². The minimum absolute atomic E-state index is 0.669. The minimum Gasteiger partial charge on any atom is -0.497 e. The van der Waals surface area contributed by atoms with Gasteiger partial charge < -0.3 is 4.74 Å². The van der Waals surface area contributed by atoms with Crippen LogP contribution in [-0.4, -0.2) is 16.7 Å². The van der Waals surface area contributed by atoms with Crippen LogP contribution in [0.5, 0.6) is 5.75 Å². The highest BCUT2D eigenvalue weighted by Crippen LogP contribution is 2.27. The van der Waals surface area contributed by atoms with Gasteiger partial charge in [-0.25, -0.2) is 4.98 Å². The minimum atomic E-state index is 0.669. The molecule has 0 saturated carbocycles. The maximum atomic E-state index is 6.19. The second-order valence-corrected chi connectivity index (χ2v) is 4.71. The zero-order chi connectivity index (χ0) is 13.4. The van der Waals surface area contributed by atoms with Crippen molar-refractivity contribution in [1.29, 1.82) is 0 Å². The summed E-state index contributed by atoms with van der Waals surface area (Å²) in [5.74, 6) is 1.72. The van der Waals surface area contributed by atoms with Crippen LogP contribution in [0.1, 0.15) is 5.82 Å². The first kappa shape index (κ1) is 12.1. The van der Waals surface area contributed by atoms with Gasteiger partial charge in [-0.2, -0.15) is 0 Å². The van der Waals surface area contributed by atoms with E-state index in [1.807, 2.05) is 49.4 Å². The Morgan fingerprint density at radius 3 is 2.74 bits per heavy atom. The molecule has 3 rings (SSSR count). The lowest BCUT2D eigenvalue weighted by Crippen LogP contribution is -1.97. The molecule has 0 aliphatic heterocycles. The van der Waals surface area contributed by atoms with Crippen molar-refractivity contribution < 1.29 is 4.74 Å². The molecular formula is C15H13ClN2O. The molecule has 0 bridgehead atoms.